The third-order valence-corrected chi connectivity index (χ3v) is 6.38. The maximum atomic E-state index is 13.2. The van der Waals surface area contributed by atoms with E-state index in [-0.39, 0.29) is 11.3 Å². The van der Waals surface area contributed by atoms with Crippen LogP contribution in [0, 0.1) is 0 Å². The average molecular weight is 503 g/mol. The number of benzene rings is 1. The number of carbonyl (C=O) groups is 2. The second kappa shape index (κ2) is 10.0. The van der Waals surface area contributed by atoms with Gasteiger partial charge in [-0.05, 0) is 48.2 Å². The first-order valence-electron chi connectivity index (χ1n) is 11.1. The number of carbonyl (C=O) groups excluding carboxylic acids is 1. The molecule has 2 N–H and O–H groups in total. The van der Waals surface area contributed by atoms with Crippen LogP contribution in [0.1, 0.15) is 28.8 Å². The summed E-state index contributed by atoms with van der Waals surface area (Å²) in [5.74, 6) is -1.99. The first-order chi connectivity index (χ1) is 17.1. The number of rotatable bonds is 3. The molecule has 0 bridgehead atoms. The van der Waals surface area contributed by atoms with Crippen molar-refractivity contribution in [2.75, 3.05) is 31.8 Å². The van der Waals surface area contributed by atoms with E-state index in [9.17, 15) is 18.0 Å². The van der Waals surface area contributed by atoms with Crippen LogP contribution in [-0.2, 0) is 14.9 Å². The van der Waals surface area contributed by atoms with E-state index in [0.717, 1.165) is 48.6 Å². The minimum absolute atomic E-state index is 0.0339. The number of H-pyrrole nitrogens is 1. The summed E-state index contributed by atoms with van der Waals surface area (Å²) in [6.45, 7) is 2.13. The van der Waals surface area contributed by atoms with Gasteiger partial charge in [0.25, 0.3) is 5.91 Å². The number of carboxylic acid groups (broad SMARTS) is 1. The minimum atomic E-state index is -5.08. The van der Waals surface area contributed by atoms with Crippen molar-refractivity contribution in [3.63, 3.8) is 0 Å². The quantitative estimate of drug-likeness (QED) is 0.548. The number of nitrogens with zero attached hydrogens (tertiary/aromatic N) is 2. The molecule has 1 fully saturated rings. The summed E-state index contributed by atoms with van der Waals surface area (Å²) in [6.07, 6.45) is 3.83. The second-order valence-electron chi connectivity index (χ2n) is 8.53. The number of nitrogens with one attached hydrogen (secondary N) is 1. The van der Waals surface area contributed by atoms with Crippen LogP contribution in [0.25, 0.3) is 11.1 Å². The molecule has 3 aromatic rings. The number of aromatic amines is 1. The fourth-order valence-corrected chi connectivity index (χ4v) is 4.52. The van der Waals surface area contributed by atoms with Crippen molar-refractivity contribution in [2.24, 2.45) is 0 Å². The molecule has 1 saturated heterocycles. The van der Waals surface area contributed by atoms with Crippen LogP contribution in [0.2, 0.25) is 0 Å². The van der Waals surface area contributed by atoms with Gasteiger partial charge in [0.05, 0.1) is 18.9 Å². The molecule has 1 amide bonds. The van der Waals surface area contributed by atoms with Crippen LogP contribution in [0.15, 0.2) is 55.1 Å². The third-order valence-electron chi connectivity index (χ3n) is 6.38. The third kappa shape index (κ3) is 5.06. The average Bonchev–Trinajstić information content (AvgIpc) is 3.51. The lowest BCUT2D eigenvalue weighted by atomic mass is 9.75. The number of methoxy groups -OCH3 is 1. The Morgan fingerprint density at radius 1 is 1.14 bits per heavy atom. The van der Waals surface area contributed by atoms with E-state index in [1.165, 1.54) is 5.56 Å². The Bertz CT molecular complexity index is 1240. The number of hydrogen-bond donors (Lipinski definition) is 2. The number of anilines is 1. The lowest BCUT2D eigenvalue weighted by Crippen LogP contribution is -2.40. The van der Waals surface area contributed by atoms with Crippen LogP contribution >= 0.6 is 0 Å². The Morgan fingerprint density at radius 3 is 2.47 bits per heavy atom. The van der Waals surface area contributed by atoms with Crippen molar-refractivity contribution < 1.29 is 37.3 Å². The van der Waals surface area contributed by atoms with Gasteiger partial charge in [-0.3, -0.25) is 9.78 Å². The summed E-state index contributed by atoms with van der Waals surface area (Å²) in [5, 5.41) is 7.12. The number of aromatic nitrogens is 2. The number of hydrogen-bond acceptors (Lipinski definition) is 5. The Hall–Kier alpha value is -3.86. The van der Waals surface area contributed by atoms with E-state index in [4.69, 9.17) is 19.4 Å². The molecule has 8 nitrogen and oxygen atoms in total. The lowest BCUT2D eigenvalue weighted by Gasteiger charge is -2.34. The standard InChI is InChI=1S/C23H23N3O3.C2HF3O2/c1-28-19-10-18(13-25-14-19)16-2-3-21-20(11-16)23(5-8-29-9-6-23)15-26(21)22(27)17-4-7-24-12-17;3-2(4,5)1(6)7/h2-4,7,10-14,24H,5-6,8-9,15H2,1H3;(H,6,7). The van der Waals surface area contributed by atoms with Crippen molar-refractivity contribution in [1.29, 1.82) is 0 Å². The van der Waals surface area contributed by atoms with Gasteiger partial charge in [0, 0.05) is 55.0 Å². The van der Waals surface area contributed by atoms with Gasteiger partial charge in [-0.25, -0.2) is 4.79 Å². The van der Waals surface area contributed by atoms with Crippen LogP contribution in [0.5, 0.6) is 5.75 Å². The highest BCUT2D eigenvalue weighted by Gasteiger charge is 2.46. The number of amides is 1. The van der Waals surface area contributed by atoms with Crippen LogP contribution < -0.4 is 9.64 Å². The van der Waals surface area contributed by atoms with Crippen molar-refractivity contribution >= 4 is 17.6 Å². The zero-order valence-corrected chi connectivity index (χ0v) is 19.3. The van der Waals surface area contributed by atoms with Gasteiger partial charge < -0.3 is 24.5 Å². The number of fused-ring (bicyclic) bond motifs is 2. The van der Waals surface area contributed by atoms with Crippen LogP contribution in [0.4, 0.5) is 18.9 Å². The lowest BCUT2D eigenvalue weighted by molar-refractivity contribution is -0.192. The van der Waals surface area contributed by atoms with Gasteiger partial charge in [0.1, 0.15) is 5.75 Å². The van der Waals surface area contributed by atoms with Crippen LogP contribution in [0.3, 0.4) is 0 Å². The van der Waals surface area contributed by atoms with Gasteiger partial charge in [-0.1, -0.05) is 6.07 Å². The zero-order chi connectivity index (χ0) is 25.9. The Kier molecular flexibility index (Phi) is 7.02. The SMILES string of the molecule is COc1cncc(-c2ccc3c(c2)C2(CCOCC2)CN3C(=O)c2cc[nH]c2)c1.O=C(O)C(F)(F)F. The highest BCUT2D eigenvalue weighted by Crippen LogP contribution is 2.48. The van der Waals surface area contributed by atoms with Crippen molar-refractivity contribution in [2.45, 2.75) is 24.4 Å². The fraction of sp³-hybridized carbons (Fsp3) is 0.320. The van der Waals surface area contributed by atoms with Crippen molar-refractivity contribution in [3.8, 4) is 16.9 Å². The molecule has 2 aromatic heterocycles. The van der Waals surface area contributed by atoms with E-state index < -0.39 is 12.1 Å². The maximum absolute atomic E-state index is 13.2. The Morgan fingerprint density at radius 2 is 1.86 bits per heavy atom. The van der Waals surface area contributed by atoms with E-state index in [1.54, 1.807) is 25.7 Å². The Labute approximate surface area is 204 Å². The van der Waals surface area contributed by atoms with E-state index in [1.807, 2.05) is 23.2 Å². The number of pyridine rings is 1. The van der Waals surface area contributed by atoms with E-state index in [0.29, 0.717) is 12.1 Å². The first kappa shape index (κ1) is 25.2. The summed E-state index contributed by atoms with van der Waals surface area (Å²) >= 11 is 0. The molecule has 0 saturated carbocycles. The minimum Gasteiger partial charge on any atom is -0.495 e. The summed E-state index contributed by atoms with van der Waals surface area (Å²) < 4.78 is 42.7. The summed E-state index contributed by atoms with van der Waals surface area (Å²) in [4.78, 5) is 31.3. The summed E-state index contributed by atoms with van der Waals surface area (Å²) in [5.41, 5.74) is 4.92. The maximum Gasteiger partial charge on any atom is 0.490 e. The number of halogens is 3. The molecular weight excluding hydrogens is 479 g/mol. The smallest absolute Gasteiger partial charge is 0.490 e. The number of aliphatic carboxylic acids is 1. The predicted molar refractivity (Wildman–Crippen MR) is 124 cm³/mol. The van der Waals surface area contributed by atoms with Gasteiger partial charge in [-0.2, -0.15) is 13.2 Å². The molecule has 2 aliphatic heterocycles. The Balaban J connectivity index is 0.000000384. The molecule has 0 atom stereocenters. The highest BCUT2D eigenvalue weighted by atomic mass is 19.4. The molecule has 5 rings (SSSR count). The summed E-state index contributed by atoms with van der Waals surface area (Å²) in [7, 11) is 1.64. The fourth-order valence-electron chi connectivity index (χ4n) is 4.52. The molecule has 190 valence electrons. The highest BCUT2D eigenvalue weighted by molar-refractivity contribution is 6.07. The number of ether oxygens (including phenoxy) is 2. The van der Waals surface area contributed by atoms with E-state index >= 15 is 0 Å². The zero-order valence-electron chi connectivity index (χ0n) is 19.3. The van der Waals surface area contributed by atoms with Crippen LogP contribution in [-0.4, -0.2) is 60.0 Å². The summed E-state index contributed by atoms with van der Waals surface area (Å²) in [6, 6.07) is 10.2. The van der Waals surface area contributed by atoms with Gasteiger partial charge in [-0.15, -0.1) is 0 Å². The molecule has 11 heteroatoms. The molecular formula is C25H24F3N3O5. The molecule has 36 heavy (non-hydrogen) atoms. The molecule has 0 radical (unpaired) electrons. The molecule has 1 spiro atoms. The number of carboxylic acids is 1. The molecule has 4 heterocycles. The monoisotopic (exact) mass is 503 g/mol. The largest absolute Gasteiger partial charge is 0.495 e. The first-order valence-corrected chi connectivity index (χ1v) is 11.1. The van der Waals surface area contributed by atoms with Gasteiger partial charge in [0.2, 0.25) is 0 Å². The second-order valence-corrected chi connectivity index (χ2v) is 8.53. The predicted octanol–water partition coefficient (Wildman–Crippen LogP) is 4.43. The van der Waals surface area contributed by atoms with E-state index in [2.05, 4.69) is 28.2 Å². The van der Waals surface area contributed by atoms with Crippen molar-refractivity contribution in [1.82, 2.24) is 9.97 Å². The molecule has 2 aliphatic rings. The van der Waals surface area contributed by atoms with Crippen molar-refractivity contribution in [3.05, 3.63) is 66.2 Å². The molecule has 0 unspecified atom stereocenters. The number of alkyl halides is 3. The van der Waals surface area contributed by atoms with Gasteiger partial charge in [0.15, 0.2) is 0 Å². The molecule has 0 aliphatic carbocycles. The normalized spacial score (nSPS) is 16.2. The topological polar surface area (TPSA) is 105 Å². The molecule has 1 aromatic carbocycles. The van der Waals surface area contributed by atoms with Gasteiger partial charge >= 0.3 is 12.1 Å².